The van der Waals surface area contributed by atoms with Crippen LogP contribution in [0.5, 0.6) is 0 Å². The molecule has 1 rings (SSSR count). The number of allylic oxidation sites excluding steroid dienone is 4. The van der Waals surface area contributed by atoms with E-state index in [0.717, 1.165) is 70.6 Å². The van der Waals surface area contributed by atoms with Gasteiger partial charge < -0.3 is 39.9 Å². The normalized spacial score (nSPS) is 23.4. The Morgan fingerprint density at radius 3 is 1.47 bits per heavy atom. The molecule has 0 amide bonds. The minimum atomic E-state index is -5.01. The van der Waals surface area contributed by atoms with Crippen LogP contribution in [0.1, 0.15) is 174 Å². The van der Waals surface area contributed by atoms with E-state index in [1.807, 2.05) is 0 Å². The first-order valence-electron chi connectivity index (χ1n) is 21.7. The Kier molecular flexibility index (Phi) is 31.8. The summed E-state index contributed by atoms with van der Waals surface area (Å²) in [5.74, 6) is -0.488. The summed E-state index contributed by atoms with van der Waals surface area (Å²) < 4.78 is 34.1. The van der Waals surface area contributed by atoms with Crippen molar-refractivity contribution in [2.75, 3.05) is 19.8 Å². The van der Waals surface area contributed by atoms with Gasteiger partial charge in [0.2, 0.25) is 0 Å². The largest absolute Gasteiger partial charge is 0.472 e. The van der Waals surface area contributed by atoms with E-state index in [1.165, 1.54) is 77.0 Å². The summed E-state index contributed by atoms with van der Waals surface area (Å²) in [6.07, 6.45) is 23.9. The fraction of sp³-hybridized carbons (Fsp3) is 0.881. The Morgan fingerprint density at radius 2 is 0.964 bits per heavy atom. The molecule has 0 radical (unpaired) electrons. The maximum atomic E-state index is 12.8. The van der Waals surface area contributed by atoms with Gasteiger partial charge in [-0.15, -0.1) is 0 Å². The monoisotopic (exact) mass is 807 g/mol. The molecule has 1 aliphatic rings. The lowest BCUT2D eigenvalue weighted by atomic mass is 9.85. The zero-order valence-electron chi connectivity index (χ0n) is 34.2. The third kappa shape index (κ3) is 26.4. The summed E-state index contributed by atoms with van der Waals surface area (Å²) in [5.41, 5.74) is 0. The second-order valence-corrected chi connectivity index (χ2v) is 16.6. The van der Waals surface area contributed by atoms with Gasteiger partial charge in [-0.2, -0.15) is 0 Å². The molecule has 1 fully saturated rings. The first-order valence-corrected chi connectivity index (χ1v) is 23.2. The molecule has 0 heterocycles. The van der Waals surface area contributed by atoms with Crippen molar-refractivity contribution in [2.45, 2.75) is 217 Å². The number of carbonyl (C=O) groups excluding carboxylic acids is 1. The smallest absolute Gasteiger partial charge is 0.457 e. The second kappa shape index (κ2) is 33.8. The molecule has 0 aromatic carbocycles. The highest BCUT2D eigenvalue weighted by atomic mass is 31.2. The molecule has 1 saturated carbocycles. The minimum absolute atomic E-state index is 0.0823. The van der Waals surface area contributed by atoms with E-state index in [4.69, 9.17) is 18.5 Å². The maximum Gasteiger partial charge on any atom is 0.472 e. The Bertz CT molecular complexity index is 1010. The van der Waals surface area contributed by atoms with Gasteiger partial charge in [0.15, 0.2) is 0 Å². The van der Waals surface area contributed by atoms with Crippen LogP contribution in [0.15, 0.2) is 24.3 Å². The topological polar surface area (TPSA) is 192 Å². The number of carbonyl (C=O) groups is 1. The molecule has 55 heavy (non-hydrogen) atoms. The molecule has 0 aromatic rings. The van der Waals surface area contributed by atoms with Crippen molar-refractivity contribution in [3.8, 4) is 0 Å². The van der Waals surface area contributed by atoms with Gasteiger partial charge in [0, 0.05) is 13.0 Å². The molecule has 324 valence electrons. The SMILES string of the molecule is CCCCC/C=C\CCCCCCCCOCC(COP(=O)(O)OC1C(O)C(O)C(O)C(O)C1O)OC(=O)CCCCCCC/C=C\CCCCCCCC. The number of rotatable bonds is 36. The van der Waals surface area contributed by atoms with Crippen LogP contribution in [-0.2, 0) is 27.9 Å². The lowest BCUT2D eigenvalue weighted by Crippen LogP contribution is -2.64. The summed E-state index contributed by atoms with van der Waals surface area (Å²) in [6.45, 7) is 4.20. The fourth-order valence-electron chi connectivity index (χ4n) is 6.52. The lowest BCUT2D eigenvalue weighted by Gasteiger charge is -2.41. The zero-order chi connectivity index (χ0) is 40.6. The average molecular weight is 807 g/mol. The lowest BCUT2D eigenvalue weighted by molar-refractivity contribution is -0.220. The number of hydrogen-bond acceptors (Lipinski definition) is 11. The van der Waals surface area contributed by atoms with Crippen molar-refractivity contribution < 1.29 is 58.3 Å². The average Bonchev–Trinajstić information content (AvgIpc) is 3.17. The zero-order valence-corrected chi connectivity index (χ0v) is 35.1. The van der Waals surface area contributed by atoms with E-state index in [9.17, 15) is 39.8 Å². The van der Waals surface area contributed by atoms with Crippen LogP contribution in [0, 0.1) is 0 Å². The fourth-order valence-corrected chi connectivity index (χ4v) is 7.49. The van der Waals surface area contributed by atoms with Crippen molar-refractivity contribution >= 4 is 13.8 Å². The molecule has 0 bridgehead atoms. The van der Waals surface area contributed by atoms with Crippen LogP contribution in [0.2, 0.25) is 0 Å². The number of ether oxygens (including phenoxy) is 2. The predicted octanol–water partition coefficient (Wildman–Crippen LogP) is 8.14. The van der Waals surface area contributed by atoms with E-state index >= 15 is 0 Å². The summed E-state index contributed by atoms with van der Waals surface area (Å²) in [4.78, 5) is 23.1. The second-order valence-electron chi connectivity index (χ2n) is 15.2. The van der Waals surface area contributed by atoms with Gasteiger partial charge in [0.05, 0.1) is 13.2 Å². The summed E-state index contributed by atoms with van der Waals surface area (Å²) in [6, 6.07) is 0. The molecule has 1 aliphatic carbocycles. The maximum absolute atomic E-state index is 12.8. The predicted molar refractivity (Wildman–Crippen MR) is 216 cm³/mol. The van der Waals surface area contributed by atoms with Gasteiger partial charge in [0.25, 0.3) is 0 Å². The molecule has 12 nitrogen and oxygen atoms in total. The van der Waals surface area contributed by atoms with Gasteiger partial charge >= 0.3 is 13.8 Å². The van der Waals surface area contributed by atoms with Crippen LogP contribution in [0.25, 0.3) is 0 Å². The standard InChI is InChI=1S/C42H79O12P/c1-3-5-7-9-11-13-15-17-18-19-21-23-25-27-29-31-36(43)53-35(33-51-32-30-28-26-24-22-20-16-14-12-10-8-6-4-2)34-52-55(49,50)54-42-40(47)38(45)37(44)39(46)41(42)48/h12,14,17-18,35,37-42,44-48H,3-11,13,15-16,19-34H2,1-2H3,(H,49,50)/b14-12-,18-17-. The van der Waals surface area contributed by atoms with E-state index < -0.39 is 63.1 Å². The Morgan fingerprint density at radius 1 is 0.564 bits per heavy atom. The molecule has 0 aliphatic heterocycles. The minimum Gasteiger partial charge on any atom is -0.457 e. The molecule has 13 heteroatoms. The van der Waals surface area contributed by atoms with Gasteiger partial charge in [-0.05, 0) is 64.2 Å². The van der Waals surface area contributed by atoms with Crippen molar-refractivity contribution in [3.05, 3.63) is 24.3 Å². The first-order chi connectivity index (χ1) is 26.5. The highest BCUT2D eigenvalue weighted by molar-refractivity contribution is 7.47. The number of aliphatic hydroxyl groups excluding tert-OH is 5. The Labute approximate surface area is 332 Å². The molecular weight excluding hydrogens is 727 g/mol. The van der Waals surface area contributed by atoms with Crippen molar-refractivity contribution in [2.24, 2.45) is 0 Å². The molecule has 0 aromatic heterocycles. The number of aliphatic hydroxyl groups is 5. The number of phosphoric acid groups is 1. The molecular formula is C42H79O12P. The summed E-state index contributed by atoms with van der Waals surface area (Å²) >= 11 is 0. The molecule has 0 saturated heterocycles. The molecule has 6 unspecified atom stereocenters. The number of esters is 1. The van der Waals surface area contributed by atoms with E-state index in [1.54, 1.807) is 0 Å². The highest BCUT2D eigenvalue weighted by Gasteiger charge is 2.51. The van der Waals surface area contributed by atoms with Crippen LogP contribution < -0.4 is 0 Å². The van der Waals surface area contributed by atoms with Gasteiger partial charge in [-0.25, -0.2) is 4.57 Å². The Hall–Kier alpha value is -1.18. The third-order valence-corrected chi connectivity index (χ3v) is 11.0. The van der Waals surface area contributed by atoms with Crippen molar-refractivity contribution in [1.82, 2.24) is 0 Å². The van der Waals surface area contributed by atoms with Crippen LogP contribution >= 0.6 is 7.82 Å². The molecule has 6 N–H and O–H groups in total. The first kappa shape index (κ1) is 51.8. The van der Waals surface area contributed by atoms with Crippen molar-refractivity contribution in [1.29, 1.82) is 0 Å². The third-order valence-electron chi connectivity index (χ3n) is 10.0. The van der Waals surface area contributed by atoms with Crippen molar-refractivity contribution in [3.63, 3.8) is 0 Å². The summed E-state index contributed by atoms with van der Waals surface area (Å²) in [7, 11) is -5.01. The number of unbranched alkanes of at least 4 members (excludes halogenated alkanes) is 20. The number of hydrogen-bond donors (Lipinski definition) is 6. The van der Waals surface area contributed by atoms with Crippen LogP contribution in [0.4, 0.5) is 0 Å². The number of phosphoric ester groups is 1. The quantitative estimate of drug-likeness (QED) is 0.0154. The van der Waals surface area contributed by atoms with Crippen LogP contribution in [-0.4, -0.2) is 98.9 Å². The van der Waals surface area contributed by atoms with Gasteiger partial charge in [0.1, 0.15) is 42.7 Å². The van der Waals surface area contributed by atoms with E-state index in [2.05, 4.69) is 38.2 Å². The Balaban J connectivity index is 2.44. The van der Waals surface area contributed by atoms with E-state index in [0.29, 0.717) is 13.0 Å². The summed E-state index contributed by atoms with van der Waals surface area (Å²) in [5, 5.41) is 50.1. The van der Waals surface area contributed by atoms with E-state index in [-0.39, 0.29) is 13.0 Å². The van der Waals surface area contributed by atoms with Gasteiger partial charge in [-0.3, -0.25) is 13.8 Å². The highest BCUT2D eigenvalue weighted by Crippen LogP contribution is 2.47. The van der Waals surface area contributed by atoms with Crippen LogP contribution in [0.3, 0.4) is 0 Å². The molecule has 0 spiro atoms. The van der Waals surface area contributed by atoms with Gasteiger partial charge in [-0.1, -0.05) is 128 Å². The molecule has 6 atom stereocenters.